The van der Waals surface area contributed by atoms with Crippen LogP contribution >= 0.6 is 23.2 Å². The van der Waals surface area contributed by atoms with Gasteiger partial charge in [0.2, 0.25) is 0 Å². The number of ether oxygens (including phenoxy) is 2. The van der Waals surface area contributed by atoms with Crippen molar-refractivity contribution >= 4 is 35.3 Å². The summed E-state index contributed by atoms with van der Waals surface area (Å²) in [7, 11) is 1.28. The normalized spacial score (nSPS) is 11.6. The number of hydrogen-bond acceptors (Lipinski definition) is 4. The number of alkyl carbamates (subject to hydrolysis) is 1. The molecule has 0 spiro atoms. The van der Waals surface area contributed by atoms with E-state index >= 15 is 0 Å². The van der Waals surface area contributed by atoms with Crippen molar-refractivity contribution in [2.45, 2.75) is 25.7 Å². The second kappa shape index (κ2) is 9.54. The zero-order valence-electron chi connectivity index (χ0n) is 12.5. The Kier molecular flexibility index (Phi) is 8.06. The third kappa shape index (κ3) is 5.73. The van der Waals surface area contributed by atoms with Gasteiger partial charge in [0.05, 0.1) is 29.7 Å². The lowest BCUT2D eigenvalue weighted by molar-refractivity contribution is -0.142. The van der Waals surface area contributed by atoms with Crippen molar-refractivity contribution in [3.05, 3.63) is 33.8 Å². The molecule has 1 N–H and O–H groups in total. The van der Waals surface area contributed by atoms with E-state index in [-0.39, 0.29) is 6.54 Å². The van der Waals surface area contributed by atoms with Crippen LogP contribution in [-0.4, -0.2) is 32.3 Å². The molecule has 1 unspecified atom stereocenters. The predicted molar refractivity (Wildman–Crippen MR) is 85.5 cm³/mol. The minimum atomic E-state index is -0.682. The van der Waals surface area contributed by atoms with Crippen LogP contribution < -0.4 is 5.32 Å². The fraction of sp³-hybridized carbons (Fsp3) is 0.467. The van der Waals surface area contributed by atoms with Crippen molar-refractivity contribution in [2.75, 3.05) is 20.3 Å². The molecule has 1 amide bonds. The molecule has 5 nitrogen and oxygen atoms in total. The Labute approximate surface area is 139 Å². The van der Waals surface area contributed by atoms with Crippen molar-refractivity contribution in [2.24, 2.45) is 0 Å². The van der Waals surface area contributed by atoms with Crippen molar-refractivity contribution in [1.82, 2.24) is 5.32 Å². The lowest BCUT2D eigenvalue weighted by Gasteiger charge is -2.16. The molecular formula is C15H19Cl2NO4. The van der Waals surface area contributed by atoms with Gasteiger partial charge in [-0.25, -0.2) is 4.79 Å². The zero-order chi connectivity index (χ0) is 16.5. The Bertz CT molecular complexity index is 522. The molecule has 0 bridgehead atoms. The highest BCUT2D eigenvalue weighted by atomic mass is 35.5. The molecule has 1 aromatic rings. The number of carbonyl (C=O) groups is 2. The number of nitrogens with one attached hydrogen (secondary N) is 1. The topological polar surface area (TPSA) is 64.6 Å². The fourth-order valence-corrected chi connectivity index (χ4v) is 2.06. The van der Waals surface area contributed by atoms with Crippen molar-refractivity contribution in [1.29, 1.82) is 0 Å². The van der Waals surface area contributed by atoms with E-state index in [4.69, 9.17) is 32.7 Å². The third-order valence-electron chi connectivity index (χ3n) is 3.01. The van der Waals surface area contributed by atoms with E-state index in [1.54, 1.807) is 18.2 Å². The molecule has 0 heterocycles. The van der Waals surface area contributed by atoms with Crippen LogP contribution in [0.25, 0.3) is 0 Å². The summed E-state index contributed by atoms with van der Waals surface area (Å²) in [5, 5.41) is 3.27. The smallest absolute Gasteiger partial charge is 0.407 e. The number of carbonyl (C=O) groups excluding carboxylic acids is 2. The van der Waals surface area contributed by atoms with Gasteiger partial charge in [0.1, 0.15) is 0 Å². The Hall–Kier alpha value is -1.46. The number of amides is 1. The largest absolute Gasteiger partial charge is 0.468 e. The molecule has 0 fully saturated rings. The summed E-state index contributed by atoms with van der Waals surface area (Å²) in [5.41, 5.74) is 0.607. The number of esters is 1. The van der Waals surface area contributed by atoms with E-state index in [0.717, 1.165) is 12.8 Å². The molecule has 1 rings (SSSR count). The first-order valence-electron chi connectivity index (χ1n) is 6.93. The van der Waals surface area contributed by atoms with Crippen LogP contribution in [0.4, 0.5) is 4.79 Å². The van der Waals surface area contributed by atoms with Gasteiger partial charge in [0.25, 0.3) is 0 Å². The lowest BCUT2D eigenvalue weighted by Crippen LogP contribution is -2.32. The van der Waals surface area contributed by atoms with Gasteiger partial charge in [-0.15, -0.1) is 0 Å². The molecular weight excluding hydrogens is 329 g/mol. The van der Waals surface area contributed by atoms with E-state index in [9.17, 15) is 9.59 Å². The molecule has 0 aromatic heterocycles. The molecule has 7 heteroatoms. The molecule has 0 aliphatic heterocycles. The first-order valence-corrected chi connectivity index (χ1v) is 7.68. The van der Waals surface area contributed by atoms with E-state index in [1.807, 2.05) is 6.92 Å². The Morgan fingerprint density at radius 2 is 2.00 bits per heavy atom. The SMILES string of the molecule is CCCCOC(=O)NCC(C(=O)OC)c1ccc(Cl)c(Cl)c1. The number of benzene rings is 1. The summed E-state index contributed by atoms with van der Waals surface area (Å²) in [6.45, 7) is 2.40. The van der Waals surface area contributed by atoms with E-state index in [2.05, 4.69) is 5.32 Å². The maximum Gasteiger partial charge on any atom is 0.407 e. The summed E-state index contributed by atoms with van der Waals surface area (Å²) >= 11 is 11.8. The van der Waals surface area contributed by atoms with Gasteiger partial charge in [-0.05, 0) is 24.1 Å². The van der Waals surface area contributed by atoms with Crippen LogP contribution in [-0.2, 0) is 14.3 Å². The fourth-order valence-electron chi connectivity index (χ4n) is 1.75. The zero-order valence-corrected chi connectivity index (χ0v) is 14.0. The maximum absolute atomic E-state index is 11.9. The van der Waals surface area contributed by atoms with E-state index in [1.165, 1.54) is 7.11 Å². The monoisotopic (exact) mass is 347 g/mol. The predicted octanol–water partition coefficient (Wildman–Crippen LogP) is 3.78. The van der Waals surface area contributed by atoms with Gasteiger partial charge in [-0.1, -0.05) is 42.6 Å². The van der Waals surface area contributed by atoms with Crippen LogP contribution in [0.2, 0.25) is 10.0 Å². The lowest BCUT2D eigenvalue weighted by atomic mass is 9.99. The Balaban J connectivity index is 2.71. The van der Waals surface area contributed by atoms with Crippen molar-refractivity contribution in [3.8, 4) is 0 Å². The molecule has 22 heavy (non-hydrogen) atoms. The second-order valence-corrected chi connectivity index (χ2v) is 5.43. The summed E-state index contributed by atoms with van der Waals surface area (Å²) in [6, 6.07) is 4.84. The molecule has 0 saturated heterocycles. The van der Waals surface area contributed by atoms with Gasteiger partial charge in [0.15, 0.2) is 0 Å². The first-order chi connectivity index (χ1) is 10.5. The first kappa shape index (κ1) is 18.6. The standard InChI is InChI=1S/C15H19Cl2NO4/c1-3-4-7-22-15(20)18-9-11(14(19)21-2)10-5-6-12(16)13(17)8-10/h5-6,8,11H,3-4,7,9H2,1-2H3,(H,18,20). The maximum atomic E-state index is 11.9. The van der Waals surface area contributed by atoms with Crippen LogP contribution in [0.15, 0.2) is 18.2 Å². The van der Waals surface area contributed by atoms with Gasteiger partial charge >= 0.3 is 12.1 Å². The van der Waals surface area contributed by atoms with E-state index < -0.39 is 18.0 Å². The Morgan fingerprint density at radius 1 is 1.27 bits per heavy atom. The van der Waals surface area contributed by atoms with E-state index in [0.29, 0.717) is 22.2 Å². The molecule has 1 aromatic carbocycles. The quantitative estimate of drug-likeness (QED) is 0.602. The second-order valence-electron chi connectivity index (χ2n) is 4.62. The molecule has 0 radical (unpaired) electrons. The number of hydrogen-bond donors (Lipinski definition) is 1. The highest BCUT2D eigenvalue weighted by Gasteiger charge is 2.23. The highest BCUT2D eigenvalue weighted by molar-refractivity contribution is 6.42. The van der Waals surface area contributed by atoms with Gasteiger partial charge < -0.3 is 14.8 Å². The van der Waals surface area contributed by atoms with Gasteiger partial charge in [-0.2, -0.15) is 0 Å². The van der Waals surface area contributed by atoms with Crippen LogP contribution in [0.3, 0.4) is 0 Å². The van der Waals surface area contributed by atoms with Crippen LogP contribution in [0.1, 0.15) is 31.2 Å². The minimum Gasteiger partial charge on any atom is -0.468 e. The number of unbranched alkanes of at least 4 members (excludes halogenated alkanes) is 1. The molecule has 122 valence electrons. The minimum absolute atomic E-state index is 0.0512. The van der Waals surface area contributed by atoms with Gasteiger partial charge in [0, 0.05) is 6.54 Å². The summed E-state index contributed by atoms with van der Waals surface area (Å²) in [4.78, 5) is 23.4. The average molecular weight is 348 g/mol. The molecule has 0 aliphatic carbocycles. The average Bonchev–Trinajstić information content (AvgIpc) is 2.50. The van der Waals surface area contributed by atoms with Gasteiger partial charge in [-0.3, -0.25) is 4.79 Å². The number of rotatable bonds is 7. The van der Waals surface area contributed by atoms with Crippen LogP contribution in [0.5, 0.6) is 0 Å². The molecule has 0 aliphatic rings. The molecule has 0 saturated carbocycles. The summed E-state index contributed by atoms with van der Waals surface area (Å²) in [5.74, 6) is -1.16. The van der Waals surface area contributed by atoms with Crippen LogP contribution in [0, 0.1) is 0 Å². The third-order valence-corrected chi connectivity index (χ3v) is 3.75. The van der Waals surface area contributed by atoms with Crippen molar-refractivity contribution < 1.29 is 19.1 Å². The number of halogens is 2. The van der Waals surface area contributed by atoms with Crippen molar-refractivity contribution in [3.63, 3.8) is 0 Å². The number of methoxy groups -OCH3 is 1. The Morgan fingerprint density at radius 3 is 2.59 bits per heavy atom. The summed E-state index contributed by atoms with van der Waals surface area (Å²) < 4.78 is 9.74. The highest BCUT2D eigenvalue weighted by Crippen LogP contribution is 2.27. The summed E-state index contributed by atoms with van der Waals surface area (Å²) in [6.07, 6.45) is 1.16. The molecule has 1 atom stereocenters.